The molecule has 0 bridgehead atoms. The number of hydrogen-bond acceptors (Lipinski definition) is 4. The first-order valence-electron chi connectivity index (χ1n) is 4.43. The van der Waals surface area contributed by atoms with Gasteiger partial charge >= 0.3 is 0 Å². The zero-order valence-corrected chi connectivity index (χ0v) is 8.56. The second-order valence-corrected chi connectivity index (χ2v) is 3.12. The zero-order chi connectivity index (χ0) is 11.4. The van der Waals surface area contributed by atoms with Crippen molar-refractivity contribution in [1.82, 2.24) is 4.98 Å². The number of nitrogens with two attached hydrogens (primary N) is 1. The maximum atomic E-state index is 10.8. The van der Waals surface area contributed by atoms with Crippen molar-refractivity contribution in [3.63, 3.8) is 0 Å². The Hall–Kier alpha value is -1.91. The molecule has 1 rings (SSSR count). The first-order valence-corrected chi connectivity index (χ1v) is 4.43. The van der Waals surface area contributed by atoms with Crippen molar-refractivity contribution in [2.45, 2.75) is 20.0 Å². The molecule has 0 aliphatic heterocycles. The highest BCUT2D eigenvalue weighted by Crippen LogP contribution is 2.16. The smallest absolute Gasteiger partial charge is 0.258 e. The Morgan fingerprint density at radius 2 is 2.27 bits per heavy atom. The number of pyridine rings is 1. The maximum Gasteiger partial charge on any atom is 0.258 e. The molecule has 0 saturated carbocycles. The Bertz CT molecular complexity index is 390. The minimum atomic E-state index is -0.784. The predicted molar refractivity (Wildman–Crippen MR) is 53.6 cm³/mol. The average molecular weight is 208 g/mol. The standard InChI is InChI=1S/C10H12N2O3/c1-6-3-4-9(8(5-13)12-6)15-7(2)10(11)14/h3-5,7H,1-2H3,(H2,11,14). The topological polar surface area (TPSA) is 82.3 Å². The van der Waals surface area contributed by atoms with Crippen LogP contribution in [0.2, 0.25) is 0 Å². The Balaban J connectivity index is 2.94. The van der Waals surface area contributed by atoms with Crippen molar-refractivity contribution in [3.8, 4) is 5.75 Å². The van der Waals surface area contributed by atoms with Crippen LogP contribution in [0, 0.1) is 6.92 Å². The van der Waals surface area contributed by atoms with Crippen molar-refractivity contribution in [1.29, 1.82) is 0 Å². The minimum Gasteiger partial charge on any atom is -0.479 e. The van der Waals surface area contributed by atoms with Crippen LogP contribution in [0.25, 0.3) is 0 Å². The quantitative estimate of drug-likeness (QED) is 0.728. The van der Waals surface area contributed by atoms with Gasteiger partial charge in [0.25, 0.3) is 5.91 Å². The second kappa shape index (κ2) is 4.54. The fraction of sp³-hybridized carbons (Fsp3) is 0.300. The van der Waals surface area contributed by atoms with Crippen molar-refractivity contribution < 1.29 is 14.3 Å². The number of amides is 1. The highest BCUT2D eigenvalue weighted by atomic mass is 16.5. The van der Waals surface area contributed by atoms with Gasteiger partial charge in [-0.2, -0.15) is 0 Å². The van der Waals surface area contributed by atoms with E-state index in [1.807, 2.05) is 0 Å². The van der Waals surface area contributed by atoms with Crippen LogP contribution < -0.4 is 10.5 Å². The lowest BCUT2D eigenvalue weighted by Crippen LogP contribution is -2.31. The van der Waals surface area contributed by atoms with Crippen LogP contribution in [0.5, 0.6) is 5.75 Å². The molecule has 1 unspecified atom stereocenters. The third kappa shape index (κ3) is 2.77. The summed E-state index contributed by atoms with van der Waals surface area (Å²) in [4.78, 5) is 25.4. The lowest BCUT2D eigenvalue weighted by Gasteiger charge is -2.12. The van der Waals surface area contributed by atoms with Crippen LogP contribution in [0.3, 0.4) is 0 Å². The number of rotatable bonds is 4. The van der Waals surface area contributed by atoms with Crippen LogP contribution in [0.1, 0.15) is 23.1 Å². The number of carbonyl (C=O) groups is 2. The minimum absolute atomic E-state index is 0.170. The molecule has 1 atom stereocenters. The molecule has 0 saturated heterocycles. The molecule has 1 amide bonds. The summed E-state index contributed by atoms with van der Waals surface area (Å²) in [6, 6.07) is 3.28. The maximum absolute atomic E-state index is 10.8. The van der Waals surface area contributed by atoms with Gasteiger partial charge in [0.1, 0.15) is 11.4 Å². The molecule has 5 nitrogen and oxygen atoms in total. The Morgan fingerprint density at radius 1 is 1.60 bits per heavy atom. The van der Waals surface area contributed by atoms with Crippen LogP contribution in [0.15, 0.2) is 12.1 Å². The number of nitrogens with zero attached hydrogens (tertiary/aromatic N) is 1. The highest BCUT2D eigenvalue weighted by molar-refractivity contribution is 5.80. The molecule has 0 fully saturated rings. The van der Waals surface area contributed by atoms with E-state index >= 15 is 0 Å². The fourth-order valence-electron chi connectivity index (χ4n) is 0.997. The van der Waals surface area contributed by atoms with Crippen molar-refractivity contribution >= 4 is 12.2 Å². The van der Waals surface area contributed by atoms with Gasteiger partial charge in [-0.3, -0.25) is 9.59 Å². The summed E-state index contributed by atoms with van der Waals surface area (Å²) in [6.07, 6.45) is -0.205. The van der Waals surface area contributed by atoms with E-state index < -0.39 is 12.0 Å². The van der Waals surface area contributed by atoms with Crippen molar-refractivity contribution in [2.24, 2.45) is 5.73 Å². The molecule has 5 heteroatoms. The summed E-state index contributed by atoms with van der Waals surface area (Å²) < 4.78 is 5.18. The van der Waals surface area contributed by atoms with Gasteiger partial charge in [0.15, 0.2) is 12.4 Å². The molecule has 1 aromatic rings. The van der Waals surface area contributed by atoms with Gasteiger partial charge in [0.05, 0.1) is 0 Å². The number of aromatic nitrogens is 1. The van der Waals surface area contributed by atoms with E-state index in [2.05, 4.69) is 4.98 Å². The normalized spacial score (nSPS) is 11.9. The summed E-state index contributed by atoms with van der Waals surface area (Å²) in [5.41, 5.74) is 5.91. The average Bonchev–Trinajstić information content (AvgIpc) is 2.20. The molecular weight excluding hydrogens is 196 g/mol. The molecule has 0 aliphatic rings. The fourth-order valence-corrected chi connectivity index (χ4v) is 0.997. The van der Waals surface area contributed by atoms with Gasteiger partial charge in [0, 0.05) is 5.69 Å². The third-order valence-electron chi connectivity index (χ3n) is 1.84. The molecule has 80 valence electrons. The first kappa shape index (κ1) is 11.2. The van der Waals surface area contributed by atoms with E-state index in [1.165, 1.54) is 6.92 Å². The molecule has 15 heavy (non-hydrogen) atoms. The van der Waals surface area contributed by atoms with E-state index in [9.17, 15) is 9.59 Å². The molecule has 1 heterocycles. The first-order chi connectivity index (χ1) is 7.04. The summed E-state index contributed by atoms with van der Waals surface area (Å²) in [5, 5.41) is 0. The van der Waals surface area contributed by atoms with E-state index in [0.29, 0.717) is 12.0 Å². The molecule has 0 aromatic carbocycles. The third-order valence-corrected chi connectivity index (χ3v) is 1.84. The molecule has 0 radical (unpaired) electrons. The Morgan fingerprint density at radius 3 is 2.80 bits per heavy atom. The van der Waals surface area contributed by atoms with Crippen LogP contribution in [0.4, 0.5) is 0 Å². The molecule has 0 aliphatic carbocycles. The zero-order valence-electron chi connectivity index (χ0n) is 8.56. The van der Waals surface area contributed by atoms with Gasteiger partial charge < -0.3 is 10.5 Å². The van der Waals surface area contributed by atoms with Crippen molar-refractivity contribution in [3.05, 3.63) is 23.5 Å². The Kier molecular flexibility index (Phi) is 3.38. The molecular formula is C10H12N2O3. The summed E-state index contributed by atoms with van der Waals surface area (Å²) in [6.45, 7) is 3.27. The predicted octanol–water partition coefficient (Wildman–Crippen LogP) is 0.455. The summed E-state index contributed by atoms with van der Waals surface area (Å²) in [7, 11) is 0. The number of aryl methyl sites for hydroxylation is 1. The van der Waals surface area contributed by atoms with E-state index in [4.69, 9.17) is 10.5 Å². The number of aldehydes is 1. The van der Waals surface area contributed by atoms with Gasteiger partial charge in [-0.15, -0.1) is 0 Å². The highest BCUT2D eigenvalue weighted by Gasteiger charge is 2.13. The van der Waals surface area contributed by atoms with E-state index in [-0.39, 0.29) is 11.4 Å². The second-order valence-electron chi connectivity index (χ2n) is 3.12. The molecule has 1 aromatic heterocycles. The van der Waals surface area contributed by atoms with Crippen LogP contribution in [-0.2, 0) is 4.79 Å². The number of hydrogen-bond donors (Lipinski definition) is 1. The summed E-state index contributed by atoms with van der Waals surface area (Å²) >= 11 is 0. The van der Waals surface area contributed by atoms with E-state index in [1.54, 1.807) is 19.1 Å². The largest absolute Gasteiger partial charge is 0.479 e. The lowest BCUT2D eigenvalue weighted by molar-refractivity contribution is -0.124. The SMILES string of the molecule is Cc1ccc(OC(C)C(N)=O)c(C=O)n1. The molecule has 2 N–H and O–H groups in total. The van der Waals surface area contributed by atoms with Gasteiger partial charge in [-0.1, -0.05) is 0 Å². The number of carbonyl (C=O) groups excluding carboxylic acids is 2. The number of ether oxygens (including phenoxy) is 1. The number of primary amides is 1. The van der Waals surface area contributed by atoms with Crippen molar-refractivity contribution in [2.75, 3.05) is 0 Å². The summed E-state index contributed by atoms with van der Waals surface area (Å²) in [5.74, 6) is -0.325. The lowest BCUT2D eigenvalue weighted by atomic mass is 10.3. The van der Waals surface area contributed by atoms with Crippen LogP contribution in [-0.4, -0.2) is 23.3 Å². The molecule has 0 spiro atoms. The Labute approximate surface area is 87.3 Å². The van der Waals surface area contributed by atoms with Gasteiger partial charge in [-0.25, -0.2) is 4.98 Å². The van der Waals surface area contributed by atoms with Gasteiger partial charge in [-0.05, 0) is 26.0 Å². The van der Waals surface area contributed by atoms with Crippen LogP contribution >= 0.6 is 0 Å². The van der Waals surface area contributed by atoms with E-state index in [0.717, 1.165) is 0 Å². The van der Waals surface area contributed by atoms with Gasteiger partial charge in [0.2, 0.25) is 0 Å². The monoisotopic (exact) mass is 208 g/mol.